The van der Waals surface area contributed by atoms with Gasteiger partial charge in [-0.25, -0.2) is 0 Å². The molecule has 0 bridgehead atoms. The monoisotopic (exact) mass is 343 g/mol. The number of thioether (sulfide) groups is 1. The summed E-state index contributed by atoms with van der Waals surface area (Å²) in [5.41, 5.74) is 1.97. The van der Waals surface area contributed by atoms with Gasteiger partial charge in [-0.3, -0.25) is 0 Å². The fraction of sp³-hybridized carbons (Fsp3) is 0.353. The van der Waals surface area contributed by atoms with Crippen LogP contribution in [0.4, 0.5) is 5.82 Å². The van der Waals surface area contributed by atoms with Crippen molar-refractivity contribution in [2.24, 2.45) is 0 Å². The zero-order valence-electron chi connectivity index (χ0n) is 14.1. The van der Waals surface area contributed by atoms with Crippen LogP contribution in [0.15, 0.2) is 41.3 Å². The minimum atomic E-state index is 0.157. The van der Waals surface area contributed by atoms with Crippen LogP contribution in [-0.2, 0) is 4.74 Å². The number of aryl methyl sites for hydroxylation is 1. The highest BCUT2D eigenvalue weighted by molar-refractivity contribution is 7.99. The Hall–Kier alpha value is -2.12. The largest absolute Gasteiger partial charge is 0.384 e. The van der Waals surface area contributed by atoms with E-state index in [9.17, 15) is 0 Å². The summed E-state index contributed by atoms with van der Waals surface area (Å²) in [6.07, 6.45) is 0. The van der Waals surface area contributed by atoms with Gasteiger partial charge in [-0.15, -0.1) is 27.1 Å². The summed E-state index contributed by atoms with van der Waals surface area (Å²) in [5.74, 6) is 2.54. The van der Waals surface area contributed by atoms with Crippen LogP contribution in [0.25, 0.3) is 5.65 Å². The molecule has 126 valence electrons. The lowest BCUT2D eigenvalue weighted by molar-refractivity contribution is 0.218. The van der Waals surface area contributed by atoms with E-state index in [0.29, 0.717) is 0 Å². The van der Waals surface area contributed by atoms with E-state index < -0.39 is 0 Å². The first-order valence-electron chi connectivity index (χ1n) is 7.84. The molecular weight excluding hydrogens is 322 g/mol. The van der Waals surface area contributed by atoms with E-state index >= 15 is 0 Å². The molecule has 0 saturated heterocycles. The molecule has 0 unspecified atom stereocenters. The lowest BCUT2D eigenvalue weighted by atomic mass is 10.1. The summed E-state index contributed by atoms with van der Waals surface area (Å²) in [5, 5.41) is 16.0. The number of methoxy groups -OCH3 is 1. The molecule has 0 aliphatic rings. The van der Waals surface area contributed by atoms with Crippen LogP contribution in [0, 0.1) is 6.92 Å². The highest BCUT2D eigenvalue weighted by Gasteiger charge is 2.08. The molecule has 7 heteroatoms. The Bertz CT molecular complexity index is 802. The van der Waals surface area contributed by atoms with Crippen molar-refractivity contribution >= 4 is 23.2 Å². The first-order valence-corrected chi connectivity index (χ1v) is 8.83. The van der Waals surface area contributed by atoms with Crippen molar-refractivity contribution in [3.05, 3.63) is 47.8 Å². The highest BCUT2D eigenvalue weighted by atomic mass is 32.2. The fourth-order valence-electron chi connectivity index (χ4n) is 2.37. The molecule has 0 radical (unpaired) electrons. The number of anilines is 1. The Morgan fingerprint density at radius 3 is 2.71 bits per heavy atom. The third-order valence-corrected chi connectivity index (χ3v) is 4.70. The molecule has 6 nitrogen and oxygen atoms in total. The number of rotatable bonds is 7. The molecule has 3 rings (SSSR count). The number of nitrogens with zero attached hydrogens (tertiary/aromatic N) is 4. The zero-order chi connectivity index (χ0) is 16.9. The zero-order valence-corrected chi connectivity index (χ0v) is 14.9. The third-order valence-electron chi connectivity index (χ3n) is 3.72. The number of fused-ring (bicyclic) bond motifs is 1. The van der Waals surface area contributed by atoms with Crippen molar-refractivity contribution in [1.29, 1.82) is 0 Å². The Morgan fingerprint density at radius 1 is 1.17 bits per heavy atom. The summed E-state index contributed by atoms with van der Waals surface area (Å²) in [4.78, 5) is 1.25. The number of hydrogen-bond acceptors (Lipinski definition) is 6. The van der Waals surface area contributed by atoms with E-state index in [4.69, 9.17) is 4.74 Å². The maximum absolute atomic E-state index is 5.08. The van der Waals surface area contributed by atoms with Crippen molar-refractivity contribution in [1.82, 2.24) is 19.8 Å². The summed E-state index contributed by atoms with van der Waals surface area (Å²) in [7, 11) is 1.73. The van der Waals surface area contributed by atoms with Gasteiger partial charge in [0.25, 0.3) is 0 Å². The number of aromatic nitrogens is 4. The first-order chi connectivity index (χ1) is 11.7. The van der Waals surface area contributed by atoms with Gasteiger partial charge < -0.3 is 10.1 Å². The second-order valence-electron chi connectivity index (χ2n) is 5.51. The fourth-order valence-corrected chi connectivity index (χ4v) is 3.19. The molecule has 1 aromatic carbocycles. The summed E-state index contributed by atoms with van der Waals surface area (Å²) in [6, 6.07) is 12.6. The van der Waals surface area contributed by atoms with Crippen LogP contribution in [0.5, 0.6) is 0 Å². The van der Waals surface area contributed by atoms with Gasteiger partial charge in [-0.1, -0.05) is 12.1 Å². The smallest absolute Gasteiger partial charge is 0.178 e. The van der Waals surface area contributed by atoms with E-state index in [2.05, 4.69) is 51.8 Å². The van der Waals surface area contributed by atoms with Crippen LogP contribution in [0.3, 0.4) is 0 Å². The van der Waals surface area contributed by atoms with Crippen LogP contribution in [0.1, 0.15) is 24.4 Å². The molecule has 24 heavy (non-hydrogen) atoms. The number of nitrogens with one attached hydrogen (secondary N) is 1. The predicted octanol–water partition coefficient (Wildman–Crippen LogP) is 3.34. The van der Waals surface area contributed by atoms with Gasteiger partial charge in [-0.2, -0.15) is 4.52 Å². The Balaban J connectivity index is 1.66. The highest BCUT2D eigenvalue weighted by Crippen LogP contribution is 2.23. The molecule has 1 atom stereocenters. The van der Waals surface area contributed by atoms with E-state index in [0.717, 1.165) is 29.6 Å². The van der Waals surface area contributed by atoms with Gasteiger partial charge in [0, 0.05) is 23.8 Å². The van der Waals surface area contributed by atoms with E-state index in [1.807, 2.05) is 19.1 Å². The van der Waals surface area contributed by atoms with Crippen LogP contribution in [-0.4, -0.2) is 39.3 Å². The second-order valence-corrected chi connectivity index (χ2v) is 6.68. The SMILES string of the molecule is COCCSc1ccc([C@H](C)Nc2ccc3nnc(C)n3n2)cc1. The average molecular weight is 343 g/mol. The van der Waals surface area contributed by atoms with Gasteiger partial charge in [0.1, 0.15) is 5.82 Å². The van der Waals surface area contributed by atoms with Crippen LogP contribution >= 0.6 is 11.8 Å². The van der Waals surface area contributed by atoms with Gasteiger partial charge in [0.2, 0.25) is 0 Å². The van der Waals surface area contributed by atoms with Crippen molar-refractivity contribution < 1.29 is 4.74 Å². The molecule has 0 fully saturated rings. The van der Waals surface area contributed by atoms with Crippen LogP contribution < -0.4 is 5.32 Å². The van der Waals surface area contributed by atoms with E-state index in [1.54, 1.807) is 23.4 Å². The maximum atomic E-state index is 5.08. The average Bonchev–Trinajstić information content (AvgIpc) is 2.96. The molecular formula is C17H21N5OS. The molecule has 0 spiro atoms. The normalized spacial score (nSPS) is 12.5. The predicted molar refractivity (Wildman–Crippen MR) is 96.6 cm³/mol. The Kier molecular flexibility index (Phi) is 5.32. The lowest BCUT2D eigenvalue weighted by Crippen LogP contribution is -2.09. The molecule has 1 N–H and O–H groups in total. The number of ether oxygens (including phenoxy) is 1. The minimum Gasteiger partial charge on any atom is -0.384 e. The van der Waals surface area contributed by atoms with E-state index in [1.165, 1.54) is 10.5 Å². The van der Waals surface area contributed by atoms with Crippen LogP contribution in [0.2, 0.25) is 0 Å². The van der Waals surface area contributed by atoms with Crippen molar-refractivity contribution in [3.8, 4) is 0 Å². The van der Waals surface area contributed by atoms with Crippen molar-refractivity contribution in [2.75, 3.05) is 24.8 Å². The molecule has 2 heterocycles. The standard InChI is InChI=1S/C17H21N5OS/c1-12(14-4-6-15(7-5-14)24-11-10-23-3)18-16-8-9-17-20-19-13(2)22(17)21-16/h4-9,12H,10-11H2,1-3H3,(H,18,21)/t12-/m0/s1. The second kappa shape index (κ2) is 7.63. The molecule has 0 saturated carbocycles. The summed E-state index contributed by atoms with van der Waals surface area (Å²) >= 11 is 1.80. The summed E-state index contributed by atoms with van der Waals surface area (Å²) in [6.45, 7) is 4.78. The Labute approximate surface area is 145 Å². The maximum Gasteiger partial charge on any atom is 0.178 e. The molecule has 0 amide bonds. The minimum absolute atomic E-state index is 0.157. The molecule has 3 aromatic rings. The van der Waals surface area contributed by atoms with Crippen molar-refractivity contribution in [3.63, 3.8) is 0 Å². The van der Waals surface area contributed by atoms with Gasteiger partial charge >= 0.3 is 0 Å². The van der Waals surface area contributed by atoms with Gasteiger partial charge in [0.15, 0.2) is 11.5 Å². The van der Waals surface area contributed by atoms with E-state index in [-0.39, 0.29) is 6.04 Å². The van der Waals surface area contributed by atoms with Gasteiger partial charge in [0.05, 0.1) is 6.61 Å². The third kappa shape index (κ3) is 3.85. The Morgan fingerprint density at radius 2 is 1.96 bits per heavy atom. The van der Waals surface area contributed by atoms with Gasteiger partial charge in [-0.05, 0) is 43.7 Å². The first kappa shape index (κ1) is 16.7. The topological polar surface area (TPSA) is 64.3 Å². The summed E-state index contributed by atoms with van der Waals surface area (Å²) < 4.78 is 6.82. The number of benzene rings is 1. The van der Waals surface area contributed by atoms with Crippen molar-refractivity contribution in [2.45, 2.75) is 24.8 Å². The quantitative estimate of drug-likeness (QED) is 0.524. The lowest BCUT2D eigenvalue weighted by Gasteiger charge is -2.15. The molecule has 0 aliphatic heterocycles. The number of hydrogen-bond donors (Lipinski definition) is 1. The molecule has 2 aromatic heterocycles. The molecule has 0 aliphatic carbocycles.